The third-order valence-corrected chi connectivity index (χ3v) is 3.54. The molecule has 0 atom stereocenters. The summed E-state index contributed by atoms with van der Waals surface area (Å²) in [5.41, 5.74) is 0.838. The van der Waals surface area contributed by atoms with Crippen molar-refractivity contribution in [3.8, 4) is 0 Å². The summed E-state index contributed by atoms with van der Waals surface area (Å²) >= 11 is 3.05. The first-order valence-corrected chi connectivity index (χ1v) is 7.38. The molecule has 0 aliphatic heterocycles. The second-order valence-electron chi connectivity index (χ2n) is 4.60. The molecule has 2 aromatic carbocycles. The van der Waals surface area contributed by atoms with Crippen LogP contribution in [0.3, 0.4) is 0 Å². The Balaban J connectivity index is 1.81. The fraction of sp³-hybridized carbons (Fsp3) is 0.125. The van der Waals surface area contributed by atoms with E-state index in [0.717, 1.165) is 12.1 Å². The van der Waals surface area contributed by atoms with Gasteiger partial charge in [-0.1, -0.05) is 12.1 Å². The van der Waals surface area contributed by atoms with Gasteiger partial charge >= 0.3 is 5.97 Å². The molecule has 0 heterocycles. The molecule has 2 rings (SSSR count). The zero-order chi connectivity index (χ0) is 16.8. The zero-order valence-corrected chi connectivity index (χ0v) is 13.4. The Hall–Kier alpha value is -2.28. The van der Waals surface area contributed by atoms with Crippen LogP contribution >= 0.6 is 15.9 Å². The van der Waals surface area contributed by atoms with Gasteiger partial charge in [-0.25, -0.2) is 13.6 Å². The minimum atomic E-state index is -0.742. The van der Waals surface area contributed by atoms with Gasteiger partial charge in [0.1, 0.15) is 11.6 Å². The number of carbonyl (C=O) groups excluding carboxylic acids is 2. The summed E-state index contributed by atoms with van der Waals surface area (Å²) < 4.78 is 30.8. The Morgan fingerprint density at radius 2 is 1.70 bits per heavy atom. The van der Waals surface area contributed by atoms with Gasteiger partial charge in [0.05, 0.1) is 5.56 Å². The van der Waals surface area contributed by atoms with Gasteiger partial charge in [0.2, 0.25) is 0 Å². The van der Waals surface area contributed by atoms with Gasteiger partial charge in [-0.2, -0.15) is 0 Å². The van der Waals surface area contributed by atoms with Crippen LogP contribution < -0.4 is 5.32 Å². The maximum Gasteiger partial charge on any atom is 0.339 e. The van der Waals surface area contributed by atoms with Crippen molar-refractivity contribution in [1.29, 1.82) is 0 Å². The van der Waals surface area contributed by atoms with Crippen molar-refractivity contribution in [3.05, 3.63) is 69.7 Å². The number of amides is 1. The number of halogens is 3. The van der Waals surface area contributed by atoms with Crippen LogP contribution in [0.15, 0.2) is 46.9 Å². The van der Waals surface area contributed by atoms with Crippen LogP contribution in [0.25, 0.3) is 0 Å². The van der Waals surface area contributed by atoms with Gasteiger partial charge in [-0.3, -0.25) is 4.79 Å². The first-order chi connectivity index (χ1) is 11.0. The van der Waals surface area contributed by atoms with Crippen LogP contribution in [0.1, 0.15) is 15.9 Å². The smallest absolute Gasteiger partial charge is 0.339 e. The second-order valence-corrected chi connectivity index (χ2v) is 5.46. The van der Waals surface area contributed by atoms with E-state index in [0.29, 0.717) is 5.56 Å². The van der Waals surface area contributed by atoms with Gasteiger partial charge in [-0.15, -0.1) is 0 Å². The summed E-state index contributed by atoms with van der Waals surface area (Å²) in [4.78, 5) is 23.4. The fourth-order valence-corrected chi connectivity index (χ4v) is 2.23. The highest BCUT2D eigenvalue weighted by molar-refractivity contribution is 9.10. The highest BCUT2D eigenvalue weighted by atomic mass is 79.9. The fourth-order valence-electron chi connectivity index (χ4n) is 1.72. The summed E-state index contributed by atoms with van der Waals surface area (Å²) in [5.74, 6) is -2.10. The Kier molecular flexibility index (Phi) is 5.81. The number of hydrogen-bond acceptors (Lipinski definition) is 3. The van der Waals surface area contributed by atoms with Crippen LogP contribution in [-0.4, -0.2) is 18.5 Å². The average Bonchev–Trinajstić information content (AvgIpc) is 2.52. The van der Waals surface area contributed by atoms with Crippen LogP contribution in [-0.2, 0) is 16.1 Å². The molecule has 0 aliphatic rings. The van der Waals surface area contributed by atoms with Crippen molar-refractivity contribution >= 4 is 27.8 Å². The first-order valence-electron chi connectivity index (χ1n) is 6.59. The maximum atomic E-state index is 12.9. The molecule has 120 valence electrons. The topological polar surface area (TPSA) is 55.4 Å². The predicted octanol–water partition coefficient (Wildman–Crippen LogP) is 3.20. The highest BCUT2D eigenvalue weighted by Gasteiger charge is 2.14. The molecule has 4 nitrogen and oxygen atoms in total. The van der Waals surface area contributed by atoms with Crippen molar-refractivity contribution < 1.29 is 23.1 Å². The molecule has 0 saturated heterocycles. The van der Waals surface area contributed by atoms with Crippen molar-refractivity contribution in [2.24, 2.45) is 0 Å². The van der Waals surface area contributed by atoms with Crippen molar-refractivity contribution in [3.63, 3.8) is 0 Å². The molecular weight excluding hydrogens is 372 g/mol. The minimum absolute atomic E-state index is 0.123. The maximum absolute atomic E-state index is 12.9. The molecule has 0 radical (unpaired) electrons. The van der Waals surface area contributed by atoms with E-state index in [-0.39, 0.29) is 22.4 Å². The normalized spacial score (nSPS) is 10.2. The SMILES string of the molecule is O=C(COC(=O)c1ccc(F)cc1Br)NCc1ccc(F)cc1. The van der Waals surface area contributed by atoms with E-state index in [9.17, 15) is 18.4 Å². The third-order valence-electron chi connectivity index (χ3n) is 2.89. The van der Waals surface area contributed by atoms with Crippen molar-refractivity contribution in [1.82, 2.24) is 5.32 Å². The van der Waals surface area contributed by atoms with Gasteiger partial charge in [0.25, 0.3) is 5.91 Å². The van der Waals surface area contributed by atoms with Crippen LogP contribution in [0, 0.1) is 11.6 Å². The Labute approximate surface area is 139 Å². The Morgan fingerprint density at radius 1 is 1.04 bits per heavy atom. The molecule has 0 bridgehead atoms. The van der Waals surface area contributed by atoms with E-state index in [1.165, 1.54) is 30.3 Å². The molecule has 0 fully saturated rings. The van der Waals surface area contributed by atoms with Gasteiger partial charge in [0.15, 0.2) is 6.61 Å². The molecule has 0 spiro atoms. The second kappa shape index (κ2) is 7.82. The molecule has 0 aromatic heterocycles. The number of ether oxygens (including phenoxy) is 1. The molecule has 0 saturated carbocycles. The van der Waals surface area contributed by atoms with Crippen LogP contribution in [0.4, 0.5) is 8.78 Å². The summed E-state index contributed by atoms with van der Waals surface area (Å²) in [6, 6.07) is 9.16. The molecule has 23 heavy (non-hydrogen) atoms. The van der Waals surface area contributed by atoms with Gasteiger partial charge in [0, 0.05) is 11.0 Å². The van der Waals surface area contributed by atoms with E-state index in [2.05, 4.69) is 21.2 Å². The van der Waals surface area contributed by atoms with E-state index in [1.807, 2.05) is 0 Å². The summed E-state index contributed by atoms with van der Waals surface area (Å²) in [6.45, 7) is -0.277. The quantitative estimate of drug-likeness (QED) is 0.806. The zero-order valence-electron chi connectivity index (χ0n) is 11.8. The number of nitrogens with one attached hydrogen (secondary N) is 1. The Morgan fingerprint density at radius 3 is 2.35 bits per heavy atom. The van der Waals surface area contributed by atoms with Gasteiger partial charge < -0.3 is 10.1 Å². The number of carbonyl (C=O) groups is 2. The molecular formula is C16H12BrF2NO3. The average molecular weight is 384 g/mol. The number of benzene rings is 2. The van der Waals surface area contributed by atoms with E-state index in [4.69, 9.17) is 4.74 Å². The monoisotopic (exact) mass is 383 g/mol. The highest BCUT2D eigenvalue weighted by Crippen LogP contribution is 2.18. The van der Waals surface area contributed by atoms with E-state index >= 15 is 0 Å². The largest absolute Gasteiger partial charge is 0.452 e. The van der Waals surface area contributed by atoms with E-state index in [1.54, 1.807) is 0 Å². The lowest BCUT2D eigenvalue weighted by Crippen LogP contribution is -2.28. The molecule has 2 aromatic rings. The lowest BCUT2D eigenvalue weighted by molar-refractivity contribution is -0.124. The van der Waals surface area contributed by atoms with Crippen LogP contribution in [0.2, 0.25) is 0 Å². The minimum Gasteiger partial charge on any atom is -0.452 e. The standard InChI is InChI=1S/C16H12BrF2NO3/c17-14-7-12(19)5-6-13(14)16(22)23-9-15(21)20-8-10-1-3-11(18)4-2-10/h1-7H,8-9H2,(H,20,21). The molecule has 0 aliphatic carbocycles. The lowest BCUT2D eigenvalue weighted by Gasteiger charge is -2.08. The molecule has 1 N–H and O–H groups in total. The summed E-state index contributed by atoms with van der Waals surface area (Å²) in [6.07, 6.45) is 0. The van der Waals surface area contributed by atoms with Crippen LogP contribution in [0.5, 0.6) is 0 Å². The van der Waals surface area contributed by atoms with Crippen molar-refractivity contribution in [2.75, 3.05) is 6.61 Å². The third kappa shape index (κ3) is 5.14. The number of rotatable bonds is 5. The molecule has 1 amide bonds. The number of esters is 1. The predicted molar refractivity (Wildman–Crippen MR) is 82.6 cm³/mol. The van der Waals surface area contributed by atoms with E-state index < -0.39 is 24.3 Å². The number of hydrogen-bond donors (Lipinski definition) is 1. The lowest BCUT2D eigenvalue weighted by atomic mass is 10.2. The summed E-state index contributed by atoms with van der Waals surface area (Å²) in [5, 5.41) is 2.54. The first kappa shape index (κ1) is 17.1. The molecule has 0 unspecified atom stereocenters. The summed E-state index contributed by atoms with van der Waals surface area (Å²) in [7, 11) is 0. The molecule has 7 heteroatoms. The Bertz CT molecular complexity index is 720. The van der Waals surface area contributed by atoms with Crippen molar-refractivity contribution in [2.45, 2.75) is 6.54 Å². The van der Waals surface area contributed by atoms with Gasteiger partial charge in [-0.05, 0) is 51.8 Å².